The molecule has 27 valence electrons. The van der Waals surface area contributed by atoms with Crippen molar-refractivity contribution in [3.8, 4) is 0 Å². The summed E-state index contributed by atoms with van der Waals surface area (Å²) in [7, 11) is 1.35. The van der Waals surface area contributed by atoms with Crippen molar-refractivity contribution < 1.29 is 4.79 Å². The highest BCUT2D eigenvalue weighted by molar-refractivity contribution is 6.66. The summed E-state index contributed by atoms with van der Waals surface area (Å²) in [5.74, 6) is 0. The molecule has 0 unspecified atom stereocenters. The molecule has 0 aliphatic heterocycles. The molecule has 0 aromatic rings. The van der Waals surface area contributed by atoms with Crippen molar-refractivity contribution in [2.24, 2.45) is 5.73 Å². The summed E-state index contributed by atoms with van der Waals surface area (Å²) in [4.78, 5) is 9.27. The lowest BCUT2D eigenvalue weighted by molar-refractivity contribution is 0.568. The summed E-state index contributed by atoms with van der Waals surface area (Å²) in [6.45, 7) is 0. The molecule has 0 aromatic heterocycles. The largest absolute Gasteiger partial charge is 0.338 e. The number of carbonyl (C=O) groups excluding carboxylic acids is 1. The second kappa shape index (κ2) is 3.69. The molecule has 0 heterocycles. The highest BCUT2D eigenvalue weighted by Gasteiger charge is 1.72. The minimum Gasteiger partial charge on any atom is -0.338 e. The van der Waals surface area contributed by atoms with Gasteiger partial charge in [-0.1, -0.05) is 0 Å². The summed E-state index contributed by atoms with van der Waals surface area (Å²) in [6.07, 6.45) is 1.03. The van der Waals surface area contributed by atoms with Gasteiger partial charge >= 0.3 is 0 Å². The zero-order valence-corrected chi connectivity index (χ0v) is 2.85. The molecule has 1 radical (unpaired) electrons. The van der Waals surface area contributed by atoms with Crippen LogP contribution >= 0.6 is 0 Å². The third kappa shape index (κ3) is 3.69. The van der Waals surface area contributed by atoms with E-state index in [1.165, 1.54) is 7.28 Å². The third-order valence-electron chi connectivity index (χ3n) is 0.232. The van der Waals surface area contributed by atoms with Gasteiger partial charge in [0, 0.05) is 0 Å². The van der Waals surface area contributed by atoms with Crippen molar-refractivity contribution in [2.45, 2.75) is 0 Å². The van der Waals surface area contributed by atoms with Crippen LogP contribution in [-0.4, -0.2) is 19.9 Å². The Morgan fingerprint density at radius 2 is 2.60 bits per heavy atom. The van der Waals surface area contributed by atoms with Crippen LogP contribution in [-0.2, 0) is 4.79 Å². The zero-order valence-electron chi connectivity index (χ0n) is 2.85. The summed E-state index contributed by atoms with van der Waals surface area (Å²) >= 11 is 0. The molecule has 2 N–H and O–H groups in total. The highest BCUT2D eigenvalue weighted by Crippen LogP contribution is 1.33. The van der Waals surface area contributed by atoms with Crippen molar-refractivity contribution in [3.63, 3.8) is 0 Å². The number of carbonyl (C=O) groups is 1. The van der Waals surface area contributed by atoms with Gasteiger partial charge < -0.3 is 10.5 Å². The molecule has 0 bridgehead atoms. The maximum Gasteiger partial charge on any atom is 0.214 e. The fraction of sp³-hybridized carbons (Fsp3) is 0.500. The minimum atomic E-state index is 0.351. The van der Waals surface area contributed by atoms with Crippen LogP contribution < -0.4 is 5.73 Å². The molecule has 0 atom stereocenters. The Kier molecular flexibility index (Phi) is 3.47. The Labute approximate surface area is 31.6 Å². The Morgan fingerprint density at radius 3 is 2.60 bits per heavy atom. The summed E-state index contributed by atoms with van der Waals surface area (Å²) in [5.41, 5.74) is 4.85. The van der Waals surface area contributed by atoms with Crippen LogP contribution in [0.2, 0.25) is 0 Å². The molecule has 3 heteroatoms. The molecule has 5 heavy (non-hydrogen) atoms. The van der Waals surface area contributed by atoms with Gasteiger partial charge in [0.25, 0.3) is 0 Å². The van der Waals surface area contributed by atoms with E-state index in [-0.39, 0.29) is 0 Å². The second-order valence-corrected chi connectivity index (χ2v) is 0.607. The van der Waals surface area contributed by atoms with Crippen molar-refractivity contribution >= 4 is 13.5 Å². The lowest BCUT2D eigenvalue weighted by Gasteiger charge is -1.66. The average Bonchev–Trinajstić information content (AvgIpc) is 1.41. The van der Waals surface area contributed by atoms with Gasteiger partial charge in [0.15, 0.2) is 0 Å². The Hall–Kier alpha value is -0.305. The molecular weight excluding hydrogens is 64.8 g/mol. The van der Waals surface area contributed by atoms with Gasteiger partial charge in [-0.25, -0.2) is 0 Å². The van der Waals surface area contributed by atoms with Gasteiger partial charge in [-0.05, 0) is 6.44 Å². The molecule has 0 aromatic carbocycles. The molecule has 0 amide bonds. The maximum atomic E-state index is 9.27. The molecular formula is C2H5BNO. The Bertz CT molecular complexity index is 30.8. The fourth-order valence-electron chi connectivity index (χ4n) is 0.0556. The van der Waals surface area contributed by atoms with E-state index in [0.29, 0.717) is 12.6 Å². The van der Waals surface area contributed by atoms with E-state index in [4.69, 9.17) is 5.73 Å². The van der Waals surface area contributed by atoms with Crippen molar-refractivity contribution in [3.05, 3.63) is 0 Å². The fourth-order valence-corrected chi connectivity index (χ4v) is 0.0556. The first-order valence-electron chi connectivity index (χ1n) is 1.39. The molecule has 0 aliphatic carbocycles. The first-order valence-corrected chi connectivity index (χ1v) is 1.39. The van der Waals surface area contributed by atoms with Crippen LogP contribution in [0.15, 0.2) is 0 Å². The van der Waals surface area contributed by atoms with Crippen molar-refractivity contribution in [1.29, 1.82) is 0 Å². The predicted octanol–water partition coefficient (Wildman–Crippen LogP) is -1.20. The quantitative estimate of drug-likeness (QED) is 0.327. The first kappa shape index (κ1) is 4.69. The van der Waals surface area contributed by atoms with E-state index in [1.807, 2.05) is 0 Å². The number of rotatable bonds is 2. The van der Waals surface area contributed by atoms with Gasteiger partial charge in [-0.15, -0.1) is 0 Å². The molecule has 0 spiro atoms. The zero-order chi connectivity index (χ0) is 4.12. The van der Waals surface area contributed by atoms with Gasteiger partial charge in [-0.3, -0.25) is 0 Å². The summed E-state index contributed by atoms with van der Waals surface area (Å²) in [6, 6.07) is 0. The van der Waals surface area contributed by atoms with Gasteiger partial charge in [0.1, 0.15) is 0 Å². The van der Waals surface area contributed by atoms with Crippen LogP contribution in [0.4, 0.5) is 0 Å². The van der Waals surface area contributed by atoms with Crippen LogP contribution in [0.25, 0.3) is 0 Å². The predicted molar refractivity (Wildman–Crippen MR) is 21.6 cm³/mol. The average molecular weight is 69.9 g/mol. The normalized spacial score (nSPS) is 6.60. The monoisotopic (exact) mass is 70.0 g/mol. The van der Waals surface area contributed by atoms with Gasteiger partial charge in [0.05, 0.1) is 6.19 Å². The van der Waals surface area contributed by atoms with Gasteiger partial charge in [-0.2, -0.15) is 0 Å². The van der Waals surface area contributed by atoms with Crippen LogP contribution in [0.1, 0.15) is 0 Å². The lowest BCUT2D eigenvalue weighted by atomic mass is 9.82. The van der Waals surface area contributed by atoms with Crippen molar-refractivity contribution in [1.82, 2.24) is 0 Å². The van der Waals surface area contributed by atoms with E-state index in [1.54, 1.807) is 0 Å². The number of hydrogen-bond acceptors (Lipinski definition) is 2. The van der Waals surface area contributed by atoms with Crippen LogP contribution in [0.5, 0.6) is 0 Å². The second-order valence-electron chi connectivity index (χ2n) is 0.607. The molecule has 0 rings (SSSR count). The highest BCUT2D eigenvalue weighted by atomic mass is 16.1. The Morgan fingerprint density at radius 1 is 2.00 bits per heavy atom. The van der Waals surface area contributed by atoms with E-state index < -0.39 is 0 Å². The molecule has 0 saturated heterocycles. The Balaban J connectivity index is 2.40. The third-order valence-corrected chi connectivity index (χ3v) is 0.232. The summed E-state index contributed by atoms with van der Waals surface area (Å²) in [5, 5.41) is 0. The molecule has 0 saturated carbocycles. The van der Waals surface area contributed by atoms with E-state index in [0.717, 1.165) is 0 Å². The van der Waals surface area contributed by atoms with Crippen molar-refractivity contribution in [2.75, 3.05) is 6.44 Å². The maximum absolute atomic E-state index is 9.27. The topological polar surface area (TPSA) is 43.1 Å². The minimum absolute atomic E-state index is 0.351. The van der Waals surface area contributed by atoms with E-state index in [9.17, 15) is 4.79 Å². The number of nitrogens with two attached hydrogens (primary N) is 1. The smallest absolute Gasteiger partial charge is 0.214 e. The van der Waals surface area contributed by atoms with Gasteiger partial charge in [0.2, 0.25) is 7.28 Å². The number of hydrogen-bond donors (Lipinski definition) is 1. The standard InChI is InChI=1S/C2H5BNO/c4-1-3-2-5/h2H,1,4H2. The van der Waals surface area contributed by atoms with E-state index >= 15 is 0 Å². The first-order chi connectivity index (χ1) is 2.41. The molecule has 2 nitrogen and oxygen atoms in total. The molecule has 0 aliphatic rings. The SMILES string of the molecule is NC[B]C=O. The summed E-state index contributed by atoms with van der Waals surface area (Å²) < 4.78 is 0. The lowest BCUT2D eigenvalue weighted by Crippen LogP contribution is -2.08. The van der Waals surface area contributed by atoms with Crippen LogP contribution in [0.3, 0.4) is 0 Å². The van der Waals surface area contributed by atoms with Crippen LogP contribution in [0, 0.1) is 0 Å². The molecule has 0 fully saturated rings. The van der Waals surface area contributed by atoms with E-state index in [2.05, 4.69) is 0 Å².